The minimum atomic E-state index is -0.687. The van der Waals surface area contributed by atoms with Gasteiger partial charge >= 0.3 is 0 Å². The number of methoxy groups -OCH3 is 1. The summed E-state index contributed by atoms with van der Waals surface area (Å²) in [5.74, 6) is -0.790. The van der Waals surface area contributed by atoms with E-state index in [1.165, 1.54) is 4.90 Å². The zero-order valence-corrected chi connectivity index (χ0v) is 20.3. The van der Waals surface area contributed by atoms with Gasteiger partial charge in [0.25, 0.3) is 11.7 Å². The Labute approximate surface area is 195 Å². The summed E-state index contributed by atoms with van der Waals surface area (Å²) in [4.78, 5) is 27.7. The lowest BCUT2D eigenvalue weighted by atomic mass is 9.92. The lowest BCUT2D eigenvalue weighted by molar-refractivity contribution is -0.140. The number of hydrogen-bond donors (Lipinski definition) is 1. The van der Waals surface area contributed by atoms with E-state index in [1.807, 2.05) is 58.0 Å². The summed E-state index contributed by atoms with van der Waals surface area (Å²) in [5.41, 5.74) is 4.12. The van der Waals surface area contributed by atoms with Crippen molar-refractivity contribution in [3.05, 3.63) is 69.8 Å². The summed E-state index contributed by atoms with van der Waals surface area (Å²) < 4.78 is 11.0. The quantitative estimate of drug-likeness (QED) is 0.357. The van der Waals surface area contributed by atoms with Gasteiger partial charge in [0.05, 0.1) is 31.4 Å². The first-order valence-corrected chi connectivity index (χ1v) is 11.3. The third kappa shape index (κ3) is 4.96. The van der Waals surface area contributed by atoms with E-state index in [0.717, 1.165) is 28.7 Å². The van der Waals surface area contributed by atoms with Crippen molar-refractivity contribution < 1.29 is 24.2 Å². The Hall–Kier alpha value is -3.12. The molecule has 1 heterocycles. The Morgan fingerprint density at radius 1 is 1.09 bits per heavy atom. The predicted octanol–water partition coefficient (Wildman–Crippen LogP) is 4.72. The molecule has 33 heavy (non-hydrogen) atoms. The van der Waals surface area contributed by atoms with Crippen molar-refractivity contribution in [1.82, 2.24) is 4.90 Å². The fraction of sp³-hybridized carbons (Fsp3) is 0.407. The summed E-state index contributed by atoms with van der Waals surface area (Å²) in [7, 11) is 1.59. The Kier molecular flexibility index (Phi) is 7.59. The van der Waals surface area contributed by atoms with Gasteiger partial charge in [0.2, 0.25) is 0 Å². The Morgan fingerprint density at radius 3 is 2.33 bits per heavy atom. The fourth-order valence-electron chi connectivity index (χ4n) is 4.19. The smallest absolute Gasteiger partial charge is 0.295 e. The molecule has 0 radical (unpaired) electrons. The van der Waals surface area contributed by atoms with Crippen LogP contribution in [0.3, 0.4) is 0 Å². The van der Waals surface area contributed by atoms with E-state index in [1.54, 1.807) is 13.2 Å². The highest BCUT2D eigenvalue weighted by Gasteiger charge is 2.46. The van der Waals surface area contributed by atoms with E-state index in [0.29, 0.717) is 17.9 Å². The molecule has 6 nitrogen and oxygen atoms in total. The molecule has 6 heteroatoms. The minimum absolute atomic E-state index is 0.00836. The van der Waals surface area contributed by atoms with Crippen LogP contribution < -0.4 is 4.74 Å². The number of rotatable bonds is 8. The molecule has 176 valence electrons. The molecule has 2 aromatic carbocycles. The van der Waals surface area contributed by atoms with Crippen molar-refractivity contribution in [1.29, 1.82) is 0 Å². The maximum atomic E-state index is 13.2. The van der Waals surface area contributed by atoms with Crippen LogP contribution in [0.15, 0.2) is 42.0 Å². The van der Waals surface area contributed by atoms with E-state index in [2.05, 4.69) is 6.92 Å². The third-order valence-corrected chi connectivity index (χ3v) is 6.02. The number of nitrogens with zero attached hydrogens (tertiary/aromatic N) is 1. The van der Waals surface area contributed by atoms with Gasteiger partial charge in [-0.1, -0.05) is 31.2 Å². The van der Waals surface area contributed by atoms with Crippen LogP contribution in [-0.4, -0.2) is 48.1 Å². The predicted molar refractivity (Wildman–Crippen MR) is 128 cm³/mol. The van der Waals surface area contributed by atoms with Crippen LogP contribution in [0, 0.1) is 13.8 Å². The van der Waals surface area contributed by atoms with Crippen molar-refractivity contribution in [2.75, 3.05) is 20.3 Å². The average molecular weight is 452 g/mol. The molecule has 1 saturated heterocycles. The second-order valence-electron chi connectivity index (χ2n) is 8.64. The minimum Gasteiger partial charge on any atom is -0.507 e. The SMILES string of the molecule is CCc1ccc(C2/C(=C(\O)c3cc(C)c(OC)cc3C)C(=O)C(=O)N2CCOC(C)C)cc1. The molecule has 1 fully saturated rings. The molecule has 1 N–H and O–H groups in total. The van der Waals surface area contributed by atoms with E-state index in [-0.39, 0.29) is 24.0 Å². The van der Waals surface area contributed by atoms with Crippen molar-refractivity contribution in [3.8, 4) is 5.75 Å². The standard InChI is InChI=1S/C27H33NO5/c1-7-19-8-10-20(11-9-19)24-23(26(30)27(31)28(24)12-13-33-16(2)3)25(29)21-14-18(5)22(32-6)15-17(21)4/h8-11,14-16,24,29H,7,12-13H2,1-6H3/b25-23+. The molecular formula is C27H33NO5. The summed E-state index contributed by atoms with van der Waals surface area (Å²) in [5, 5.41) is 11.3. The van der Waals surface area contributed by atoms with Crippen LogP contribution in [0.25, 0.3) is 5.76 Å². The number of Topliss-reactive ketones (excluding diaryl/α,β-unsaturated/α-hetero) is 1. The Balaban J connectivity index is 2.14. The van der Waals surface area contributed by atoms with Crippen molar-refractivity contribution in [2.24, 2.45) is 0 Å². The molecule has 3 rings (SSSR count). The van der Waals surface area contributed by atoms with Crippen LogP contribution in [0.2, 0.25) is 0 Å². The first-order chi connectivity index (χ1) is 15.7. The number of likely N-dealkylation sites (tertiary alicyclic amines) is 1. The van der Waals surface area contributed by atoms with Gasteiger partial charge in [-0.05, 0) is 68.5 Å². The largest absolute Gasteiger partial charge is 0.507 e. The molecule has 1 atom stereocenters. The number of aliphatic hydroxyl groups is 1. The number of ketones is 1. The number of ether oxygens (including phenoxy) is 2. The van der Waals surface area contributed by atoms with E-state index >= 15 is 0 Å². The lowest BCUT2D eigenvalue weighted by Gasteiger charge is -2.26. The van der Waals surface area contributed by atoms with Gasteiger partial charge in [-0.3, -0.25) is 9.59 Å². The van der Waals surface area contributed by atoms with Crippen LogP contribution in [0.1, 0.15) is 54.6 Å². The molecule has 1 aliphatic rings. The van der Waals surface area contributed by atoms with Gasteiger partial charge < -0.3 is 19.5 Å². The molecule has 2 aromatic rings. The third-order valence-electron chi connectivity index (χ3n) is 6.02. The van der Waals surface area contributed by atoms with Crippen molar-refractivity contribution in [3.63, 3.8) is 0 Å². The van der Waals surface area contributed by atoms with Crippen LogP contribution in [-0.2, 0) is 20.7 Å². The number of benzene rings is 2. The van der Waals surface area contributed by atoms with Gasteiger partial charge in [0.15, 0.2) is 0 Å². The molecule has 0 saturated carbocycles. The number of aliphatic hydroxyl groups excluding tert-OH is 1. The summed E-state index contributed by atoms with van der Waals surface area (Å²) in [6, 6.07) is 10.7. The van der Waals surface area contributed by atoms with Crippen molar-refractivity contribution >= 4 is 17.4 Å². The number of aryl methyl sites for hydroxylation is 3. The highest BCUT2D eigenvalue weighted by atomic mass is 16.5. The fourth-order valence-corrected chi connectivity index (χ4v) is 4.19. The first-order valence-electron chi connectivity index (χ1n) is 11.3. The zero-order chi connectivity index (χ0) is 24.3. The molecule has 1 amide bonds. The van der Waals surface area contributed by atoms with Crippen molar-refractivity contribution in [2.45, 2.75) is 53.2 Å². The topological polar surface area (TPSA) is 76.1 Å². The first kappa shape index (κ1) is 24.5. The molecular weight excluding hydrogens is 418 g/mol. The molecule has 0 aliphatic carbocycles. The zero-order valence-electron chi connectivity index (χ0n) is 20.3. The Bertz CT molecular complexity index is 1070. The number of carbonyl (C=O) groups is 2. The maximum absolute atomic E-state index is 13.2. The highest BCUT2D eigenvalue weighted by molar-refractivity contribution is 6.46. The van der Waals surface area contributed by atoms with Gasteiger partial charge in [-0.15, -0.1) is 0 Å². The van der Waals surface area contributed by atoms with Crippen LogP contribution >= 0.6 is 0 Å². The normalized spacial score (nSPS) is 17.8. The van der Waals surface area contributed by atoms with E-state index in [9.17, 15) is 14.7 Å². The van der Waals surface area contributed by atoms with Gasteiger partial charge in [-0.2, -0.15) is 0 Å². The molecule has 1 aliphatic heterocycles. The van der Waals surface area contributed by atoms with Crippen LogP contribution in [0.5, 0.6) is 5.75 Å². The summed E-state index contributed by atoms with van der Waals surface area (Å²) >= 11 is 0. The average Bonchev–Trinajstić information content (AvgIpc) is 3.04. The van der Waals surface area contributed by atoms with Gasteiger partial charge in [0.1, 0.15) is 11.5 Å². The van der Waals surface area contributed by atoms with Gasteiger partial charge in [-0.25, -0.2) is 0 Å². The van der Waals surface area contributed by atoms with Crippen LogP contribution in [0.4, 0.5) is 0 Å². The van der Waals surface area contributed by atoms with E-state index < -0.39 is 17.7 Å². The molecule has 1 unspecified atom stereocenters. The maximum Gasteiger partial charge on any atom is 0.295 e. The lowest BCUT2D eigenvalue weighted by Crippen LogP contribution is -2.33. The molecule has 0 bridgehead atoms. The van der Waals surface area contributed by atoms with E-state index in [4.69, 9.17) is 9.47 Å². The second kappa shape index (κ2) is 10.2. The number of amides is 1. The Morgan fingerprint density at radius 2 is 1.76 bits per heavy atom. The monoisotopic (exact) mass is 451 g/mol. The second-order valence-corrected chi connectivity index (χ2v) is 8.64. The summed E-state index contributed by atoms with van der Waals surface area (Å²) in [6.07, 6.45) is 0.890. The van der Waals surface area contributed by atoms with Gasteiger partial charge in [0, 0.05) is 12.1 Å². The molecule has 0 spiro atoms. The highest BCUT2D eigenvalue weighted by Crippen LogP contribution is 2.40. The number of carbonyl (C=O) groups excluding carboxylic acids is 2. The molecule has 0 aromatic heterocycles. The number of hydrogen-bond acceptors (Lipinski definition) is 5. The summed E-state index contributed by atoms with van der Waals surface area (Å²) in [6.45, 7) is 10.2.